The van der Waals surface area contributed by atoms with E-state index in [0.29, 0.717) is 12.8 Å². The Kier molecular flexibility index (Phi) is 10.9. The number of imide groups is 1. The molecule has 5 nitrogen and oxygen atoms in total. The quantitative estimate of drug-likeness (QED) is 0.700. The number of ether oxygens (including phenoxy) is 1. The number of Topliss-reactive ketones (excluding diaryl/α,β-unsaturated/α-hetero) is 1. The van der Waals surface area contributed by atoms with Crippen LogP contribution in [0.2, 0.25) is 0 Å². The van der Waals surface area contributed by atoms with Crippen molar-refractivity contribution in [3.63, 3.8) is 0 Å². The molecule has 0 aromatic heterocycles. The maximum Gasteiger partial charge on any atom is 0.417 e. The Bertz CT molecular complexity index is 589. The van der Waals surface area contributed by atoms with Crippen molar-refractivity contribution in [1.82, 2.24) is 4.90 Å². The number of ketones is 1. The van der Waals surface area contributed by atoms with E-state index in [4.69, 9.17) is 4.74 Å². The fourth-order valence-electron chi connectivity index (χ4n) is 2.85. The van der Waals surface area contributed by atoms with Crippen LogP contribution in [-0.2, 0) is 20.7 Å². The first-order valence-electron chi connectivity index (χ1n) is 8.94. The largest absolute Gasteiger partial charge is 0.447 e. The zero-order valence-corrected chi connectivity index (χ0v) is 17.3. The molecule has 1 aliphatic heterocycles. The maximum absolute atomic E-state index is 12.7. The summed E-state index contributed by atoms with van der Waals surface area (Å²) in [6, 6.07) is 9.28. The van der Waals surface area contributed by atoms with Crippen molar-refractivity contribution in [2.45, 2.75) is 53.5 Å². The van der Waals surface area contributed by atoms with E-state index < -0.39 is 17.9 Å². The second-order valence-electron chi connectivity index (χ2n) is 6.42. The van der Waals surface area contributed by atoms with E-state index >= 15 is 0 Å². The Balaban J connectivity index is 0.00000201. The van der Waals surface area contributed by atoms with Crippen LogP contribution >= 0.6 is 13.5 Å². The number of rotatable bonds is 6. The number of nitrogens with zero attached hydrogens (tertiary/aromatic N) is 1. The molecule has 0 N–H and O–H groups in total. The highest BCUT2D eigenvalue weighted by atomic mass is 32.1. The molecule has 2 rings (SSSR count). The Morgan fingerprint density at radius 2 is 1.77 bits per heavy atom. The highest BCUT2D eigenvalue weighted by Gasteiger charge is 2.42. The lowest BCUT2D eigenvalue weighted by atomic mass is 9.92. The molecular formula is C20H31NO4S. The molecule has 1 saturated heterocycles. The minimum atomic E-state index is -0.779. The van der Waals surface area contributed by atoms with Crippen molar-refractivity contribution in [2.75, 3.05) is 6.61 Å². The van der Waals surface area contributed by atoms with Crippen molar-refractivity contribution in [3.05, 3.63) is 35.9 Å². The standard InChI is InChI=1S/C18H23NO4.C2H6.H2S/c1-12(2)9-16(13(3)20)17(21)19-15(11-23-18(19)22)10-14-7-5-4-6-8-14;1-2;/h4-8,12,15-16H,9-11H2,1-3H3;1-2H3;1H2/t15-,16+;;/m0../s1. The first kappa shape index (κ1) is 24.2. The summed E-state index contributed by atoms with van der Waals surface area (Å²) in [5.41, 5.74) is 1.02. The fourth-order valence-corrected chi connectivity index (χ4v) is 2.85. The van der Waals surface area contributed by atoms with Crippen LogP contribution in [0.25, 0.3) is 0 Å². The zero-order chi connectivity index (χ0) is 19.0. The van der Waals surface area contributed by atoms with Gasteiger partial charge in [0.15, 0.2) is 0 Å². The van der Waals surface area contributed by atoms with Gasteiger partial charge in [0.25, 0.3) is 0 Å². The van der Waals surface area contributed by atoms with E-state index in [1.54, 1.807) is 0 Å². The van der Waals surface area contributed by atoms with Gasteiger partial charge in [-0.1, -0.05) is 58.0 Å². The van der Waals surface area contributed by atoms with Gasteiger partial charge in [-0.2, -0.15) is 13.5 Å². The van der Waals surface area contributed by atoms with Crippen LogP contribution in [0.4, 0.5) is 4.79 Å². The summed E-state index contributed by atoms with van der Waals surface area (Å²) < 4.78 is 5.06. The summed E-state index contributed by atoms with van der Waals surface area (Å²) >= 11 is 0. The molecule has 0 saturated carbocycles. The molecule has 0 unspecified atom stereocenters. The summed E-state index contributed by atoms with van der Waals surface area (Å²) in [4.78, 5) is 37.7. The Hall–Kier alpha value is -1.82. The summed E-state index contributed by atoms with van der Waals surface area (Å²) in [6.45, 7) is 9.48. The van der Waals surface area contributed by atoms with Crippen molar-refractivity contribution in [3.8, 4) is 0 Å². The van der Waals surface area contributed by atoms with Gasteiger partial charge in [-0.3, -0.25) is 9.59 Å². The zero-order valence-electron chi connectivity index (χ0n) is 16.3. The van der Waals surface area contributed by atoms with Gasteiger partial charge in [-0.15, -0.1) is 0 Å². The number of carbonyl (C=O) groups is 3. The van der Waals surface area contributed by atoms with Crippen LogP contribution in [0, 0.1) is 11.8 Å². The fraction of sp³-hybridized carbons (Fsp3) is 0.550. The van der Waals surface area contributed by atoms with E-state index in [1.807, 2.05) is 58.0 Å². The number of amides is 2. The van der Waals surface area contributed by atoms with Crippen LogP contribution in [0.15, 0.2) is 30.3 Å². The van der Waals surface area contributed by atoms with Gasteiger partial charge in [-0.25, -0.2) is 9.69 Å². The molecule has 0 bridgehead atoms. The average molecular weight is 382 g/mol. The van der Waals surface area contributed by atoms with Crippen molar-refractivity contribution < 1.29 is 19.1 Å². The number of hydrogen-bond donors (Lipinski definition) is 0. The number of hydrogen-bond acceptors (Lipinski definition) is 4. The van der Waals surface area contributed by atoms with Crippen molar-refractivity contribution in [2.24, 2.45) is 11.8 Å². The van der Waals surface area contributed by atoms with Crippen LogP contribution in [0.3, 0.4) is 0 Å². The number of carbonyl (C=O) groups excluding carboxylic acids is 3. The molecule has 26 heavy (non-hydrogen) atoms. The highest BCUT2D eigenvalue weighted by molar-refractivity contribution is 7.59. The molecule has 1 aliphatic rings. The molecular weight excluding hydrogens is 350 g/mol. The number of benzene rings is 1. The van der Waals surface area contributed by atoms with Crippen LogP contribution in [-0.4, -0.2) is 35.3 Å². The molecule has 0 spiro atoms. The Morgan fingerprint density at radius 1 is 1.19 bits per heavy atom. The molecule has 2 amide bonds. The molecule has 0 aliphatic carbocycles. The highest BCUT2D eigenvalue weighted by Crippen LogP contribution is 2.23. The maximum atomic E-state index is 12.7. The van der Waals surface area contributed by atoms with Crippen LogP contribution in [0.5, 0.6) is 0 Å². The van der Waals surface area contributed by atoms with Gasteiger partial charge in [-0.05, 0) is 31.2 Å². The van der Waals surface area contributed by atoms with Gasteiger partial charge in [0.05, 0.1) is 12.0 Å². The second kappa shape index (κ2) is 11.7. The molecule has 6 heteroatoms. The molecule has 1 heterocycles. The molecule has 1 aromatic rings. The average Bonchev–Trinajstić information content (AvgIpc) is 2.95. The van der Waals surface area contributed by atoms with Crippen molar-refractivity contribution >= 4 is 31.3 Å². The third-order valence-electron chi connectivity index (χ3n) is 4.01. The van der Waals surface area contributed by atoms with Gasteiger partial charge in [0, 0.05) is 0 Å². The third-order valence-corrected chi connectivity index (χ3v) is 4.01. The first-order chi connectivity index (χ1) is 11.9. The summed E-state index contributed by atoms with van der Waals surface area (Å²) in [5, 5.41) is 0. The lowest BCUT2D eigenvalue weighted by Gasteiger charge is -2.24. The summed E-state index contributed by atoms with van der Waals surface area (Å²) in [7, 11) is 0. The number of cyclic esters (lactones) is 1. The lowest BCUT2D eigenvalue weighted by Crippen LogP contribution is -2.45. The summed E-state index contributed by atoms with van der Waals surface area (Å²) in [6.07, 6.45) is 0.326. The van der Waals surface area contributed by atoms with E-state index in [2.05, 4.69) is 0 Å². The van der Waals surface area contributed by atoms with E-state index in [-0.39, 0.29) is 37.8 Å². The van der Waals surface area contributed by atoms with E-state index in [9.17, 15) is 14.4 Å². The minimum absolute atomic E-state index is 0. The van der Waals surface area contributed by atoms with Gasteiger partial charge >= 0.3 is 6.09 Å². The topological polar surface area (TPSA) is 63.7 Å². The van der Waals surface area contributed by atoms with E-state index in [0.717, 1.165) is 10.5 Å². The van der Waals surface area contributed by atoms with E-state index in [1.165, 1.54) is 6.92 Å². The van der Waals surface area contributed by atoms with Crippen molar-refractivity contribution in [1.29, 1.82) is 0 Å². The summed E-state index contributed by atoms with van der Waals surface area (Å²) in [5.74, 6) is -1.23. The van der Waals surface area contributed by atoms with Gasteiger partial charge in [0.1, 0.15) is 12.4 Å². The smallest absolute Gasteiger partial charge is 0.417 e. The normalized spacial score (nSPS) is 16.9. The molecule has 146 valence electrons. The molecule has 1 aromatic carbocycles. The van der Waals surface area contributed by atoms with Gasteiger partial charge < -0.3 is 4.74 Å². The van der Waals surface area contributed by atoms with Crippen LogP contribution in [0.1, 0.15) is 46.6 Å². The monoisotopic (exact) mass is 381 g/mol. The second-order valence-corrected chi connectivity index (χ2v) is 6.42. The predicted octanol–water partition coefficient (Wildman–Crippen LogP) is 3.97. The lowest BCUT2D eigenvalue weighted by molar-refractivity contribution is -0.139. The van der Waals surface area contributed by atoms with Crippen LogP contribution < -0.4 is 0 Å². The SMILES string of the molecule is CC.CC(=O)[C@@H](CC(C)C)C(=O)N1C(=O)OC[C@@H]1Cc1ccccc1.S. The van der Waals surface area contributed by atoms with Gasteiger partial charge in [0.2, 0.25) is 5.91 Å². The molecule has 2 atom stereocenters. The molecule has 0 radical (unpaired) electrons. The Labute approximate surface area is 163 Å². The molecule has 1 fully saturated rings. The predicted molar refractivity (Wildman–Crippen MR) is 107 cm³/mol. The first-order valence-corrected chi connectivity index (χ1v) is 8.94. The Morgan fingerprint density at radius 3 is 2.27 bits per heavy atom. The third kappa shape index (κ3) is 6.48. The minimum Gasteiger partial charge on any atom is -0.447 e.